The molecule has 0 fully saturated rings. The molecule has 0 bridgehead atoms. The van der Waals surface area contributed by atoms with Crippen LogP contribution in [0.4, 0.5) is 20.3 Å². The highest BCUT2D eigenvalue weighted by molar-refractivity contribution is 7.99. The number of alkyl halides is 2. The molecule has 2 rings (SSSR count). The summed E-state index contributed by atoms with van der Waals surface area (Å²) in [6, 6.07) is 5.65. The molecule has 26 heavy (non-hydrogen) atoms. The van der Waals surface area contributed by atoms with E-state index >= 15 is 0 Å². The summed E-state index contributed by atoms with van der Waals surface area (Å²) in [5.74, 6) is -1.32. The molecule has 0 aliphatic rings. The highest BCUT2D eigenvalue weighted by Gasteiger charge is 2.16. The molecule has 0 saturated heterocycles. The second-order valence-electron chi connectivity index (χ2n) is 4.90. The zero-order valence-corrected chi connectivity index (χ0v) is 14.6. The summed E-state index contributed by atoms with van der Waals surface area (Å²) < 4.78 is 30.6. The SMILES string of the molecule is CCOC(=O)c1cnc(SCC(=O)Nc2ccccc2C(F)F)nc1N. The van der Waals surface area contributed by atoms with Gasteiger partial charge in [0.25, 0.3) is 6.43 Å². The van der Waals surface area contributed by atoms with Crippen LogP contribution < -0.4 is 11.1 Å². The van der Waals surface area contributed by atoms with Crippen molar-refractivity contribution in [1.29, 1.82) is 0 Å². The Bertz CT molecular complexity index is 805. The van der Waals surface area contributed by atoms with Crippen molar-refractivity contribution < 1.29 is 23.1 Å². The Hall–Kier alpha value is -2.75. The number of rotatable bonds is 7. The molecule has 0 saturated carbocycles. The summed E-state index contributed by atoms with van der Waals surface area (Å²) in [4.78, 5) is 31.5. The van der Waals surface area contributed by atoms with Gasteiger partial charge in [0, 0.05) is 17.4 Å². The number of para-hydroxylation sites is 1. The minimum absolute atomic E-state index is 0.0338. The minimum Gasteiger partial charge on any atom is -0.462 e. The van der Waals surface area contributed by atoms with Crippen LogP contribution in [0.15, 0.2) is 35.6 Å². The van der Waals surface area contributed by atoms with Gasteiger partial charge in [0.15, 0.2) is 5.16 Å². The number of carbonyl (C=O) groups excluding carboxylic acids is 2. The van der Waals surface area contributed by atoms with Gasteiger partial charge in [0.05, 0.1) is 12.4 Å². The maximum absolute atomic E-state index is 12.9. The predicted octanol–water partition coefficient (Wildman–Crippen LogP) is 2.90. The standard InChI is InChI=1S/C16H16F2N4O3S/c1-2-25-15(24)10-7-20-16(22-14(10)19)26-8-12(23)21-11-6-4-3-5-9(11)13(17)18/h3-7,13H,2,8H2,1H3,(H,21,23)(H2,19,20,22). The van der Waals surface area contributed by atoms with E-state index in [1.165, 1.54) is 24.4 Å². The largest absolute Gasteiger partial charge is 0.462 e. The first-order valence-electron chi connectivity index (χ1n) is 7.51. The third-order valence-corrected chi connectivity index (χ3v) is 3.96. The summed E-state index contributed by atoms with van der Waals surface area (Å²) in [6.07, 6.45) is -1.48. The number of hydrogen-bond donors (Lipinski definition) is 2. The van der Waals surface area contributed by atoms with E-state index in [0.717, 1.165) is 11.8 Å². The number of nitrogen functional groups attached to an aromatic ring is 1. The van der Waals surface area contributed by atoms with Crippen LogP contribution in [0, 0.1) is 0 Å². The molecule has 0 radical (unpaired) electrons. The second kappa shape index (κ2) is 9.09. The van der Waals surface area contributed by atoms with Crippen molar-refractivity contribution >= 4 is 35.1 Å². The van der Waals surface area contributed by atoms with Crippen LogP contribution in [-0.4, -0.2) is 34.2 Å². The molecule has 0 aliphatic heterocycles. The van der Waals surface area contributed by atoms with Gasteiger partial charge < -0.3 is 15.8 Å². The third-order valence-electron chi connectivity index (χ3n) is 3.09. The monoisotopic (exact) mass is 382 g/mol. The van der Waals surface area contributed by atoms with E-state index in [1.54, 1.807) is 13.0 Å². The number of aromatic nitrogens is 2. The zero-order chi connectivity index (χ0) is 19.1. The molecule has 1 aromatic carbocycles. The van der Waals surface area contributed by atoms with E-state index in [1.807, 2.05) is 0 Å². The number of esters is 1. The number of anilines is 2. The van der Waals surface area contributed by atoms with Gasteiger partial charge in [-0.15, -0.1) is 0 Å². The van der Waals surface area contributed by atoms with Crippen LogP contribution in [0.5, 0.6) is 0 Å². The van der Waals surface area contributed by atoms with Crippen LogP contribution in [0.1, 0.15) is 29.3 Å². The Morgan fingerprint density at radius 3 is 2.73 bits per heavy atom. The first-order chi connectivity index (χ1) is 12.4. The number of benzene rings is 1. The normalized spacial score (nSPS) is 10.6. The first-order valence-corrected chi connectivity index (χ1v) is 8.50. The number of halogens is 2. The van der Waals surface area contributed by atoms with Crippen molar-refractivity contribution in [3.8, 4) is 0 Å². The van der Waals surface area contributed by atoms with Gasteiger partial charge >= 0.3 is 5.97 Å². The van der Waals surface area contributed by atoms with Crippen LogP contribution in [0.25, 0.3) is 0 Å². The molecule has 2 aromatic rings. The van der Waals surface area contributed by atoms with Gasteiger partial charge in [-0.3, -0.25) is 4.79 Å². The molecule has 1 heterocycles. The predicted molar refractivity (Wildman–Crippen MR) is 93.2 cm³/mol. The Balaban J connectivity index is 1.98. The average Bonchev–Trinajstić information content (AvgIpc) is 2.60. The first kappa shape index (κ1) is 19.6. The van der Waals surface area contributed by atoms with E-state index < -0.39 is 18.3 Å². The molecule has 0 atom stereocenters. The number of nitrogens with one attached hydrogen (secondary N) is 1. The summed E-state index contributed by atoms with van der Waals surface area (Å²) in [5.41, 5.74) is 5.51. The average molecular weight is 382 g/mol. The number of ether oxygens (including phenoxy) is 1. The highest BCUT2D eigenvalue weighted by Crippen LogP contribution is 2.27. The molecule has 0 aliphatic carbocycles. The molecule has 10 heteroatoms. The molecule has 138 valence electrons. The molecule has 3 N–H and O–H groups in total. The van der Waals surface area contributed by atoms with Crippen LogP contribution in [-0.2, 0) is 9.53 Å². The van der Waals surface area contributed by atoms with E-state index in [9.17, 15) is 18.4 Å². The molecular formula is C16H16F2N4O3S. The molecule has 0 spiro atoms. The van der Waals surface area contributed by atoms with Crippen molar-refractivity contribution in [2.75, 3.05) is 23.4 Å². The Morgan fingerprint density at radius 1 is 1.35 bits per heavy atom. The molecule has 1 amide bonds. The van der Waals surface area contributed by atoms with Crippen molar-refractivity contribution in [2.24, 2.45) is 0 Å². The lowest BCUT2D eigenvalue weighted by molar-refractivity contribution is -0.113. The van der Waals surface area contributed by atoms with Gasteiger partial charge in [-0.1, -0.05) is 30.0 Å². The summed E-state index contributed by atoms with van der Waals surface area (Å²) in [7, 11) is 0. The van der Waals surface area contributed by atoms with Gasteiger partial charge in [-0.05, 0) is 13.0 Å². The summed E-state index contributed by atoms with van der Waals surface area (Å²) in [6.45, 7) is 1.85. The molecule has 0 unspecified atom stereocenters. The minimum atomic E-state index is -2.70. The molecule has 7 nitrogen and oxygen atoms in total. The number of carbonyl (C=O) groups is 2. The number of nitrogens with two attached hydrogens (primary N) is 1. The Kier molecular flexibility index (Phi) is 6.84. The number of amides is 1. The van der Waals surface area contributed by atoms with E-state index in [-0.39, 0.29) is 40.1 Å². The highest BCUT2D eigenvalue weighted by atomic mass is 32.2. The van der Waals surface area contributed by atoms with Crippen molar-refractivity contribution in [3.63, 3.8) is 0 Å². The van der Waals surface area contributed by atoms with Gasteiger partial charge in [-0.25, -0.2) is 23.5 Å². The summed E-state index contributed by atoms with van der Waals surface area (Å²) >= 11 is 0.956. The lowest BCUT2D eigenvalue weighted by atomic mass is 10.2. The van der Waals surface area contributed by atoms with E-state index in [0.29, 0.717) is 0 Å². The smallest absolute Gasteiger partial charge is 0.343 e. The summed E-state index contributed by atoms with van der Waals surface area (Å²) in [5, 5.41) is 2.60. The van der Waals surface area contributed by atoms with E-state index in [2.05, 4.69) is 15.3 Å². The molecular weight excluding hydrogens is 366 g/mol. The number of hydrogen-bond acceptors (Lipinski definition) is 7. The maximum atomic E-state index is 12.9. The second-order valence-corrected chi connectivity index (χ2v) is 5.84. The third kappa shape index (κ3) is 5.12. The van der Waals surface area contributed by atoms with Crippen LogP contribution in [0.3, 0.4) is 0 Å². The van der Waals surface area contributed by atoms with Crippen molar-refractivity contribution in [3.05, 3.63) is 41.6 Å². The topological polar surface area (TPSA) is 107 Å². The van der Waals surface area contributed by atoms with Crippen molar-refractivity contribution in [2.45, 2.75) is 18.5 Å². The number of thioether (sulfide) groups is 1. The fourth-order valence-electron chi connectivity index (χ4n) is 1.93. The Labute approximate surface area is 152 Å². The lowest BCUT2D eigenvalue weighted by Crippen LogP contribution is -2.16. The van der Waals surface area contributed by atoms with E-state index in [4.69, 9.17) is 10.5 Å². The van der Waals surface area contributed by atoms with Gasteiger partial charge in [0.1, 0.15) is 11.4 Å². The fourth-order valence-corrected chi connectivity index (χ4v) is 2.55. The fraction of sp³-hybridized carbons (Fsp3) is 0.250. The van der Waals surface area contributed by atoms with Crippen LogP contribution in [0.2, 0.25) is 0 Å². The maximum Gasteiger partial charge on any atom is 0.343 e. The molecule has 1 aromatic heterocycles. The van der Waals surface area contributed by atoms with Crippen LogP contribution >= 0.6 is 11.8 Å². The van der Waals surface area contributed by atoms with Crippen molar-refractivity contribution in [1.82, 2.24) is 9.97 Å². The van der Waals surface area contributed by atoms with Gasteiger partial charge in [-0.2, -0.15) is 0 Å². The Morgan fingerprint density at radius 2 is 2.08 bits per heavy atom. The zero-order valence-electron chi connectivity index (χ0n) is 13.7. The quantitative estimate of drug-likeness (QED) is 0.431. The van der Waals surface area contributed by atoms with Gasteiger partial charge in [0.2, 0.25) is 5.91 Å². The number of nitrogens with zero attached hydrogens (tertiary/aromatic N) is 2. The lowest BCUT2D eigenvalue weighted by Gasteiger charge is -2.10.